The Hall–Kier alpha value is -1.14. The van der Waals surface area contributed by atoms with E-state index in [0.717, 1.165) is 31.7 Å². The lowest BCUT2D eigenvalue weighted by atomic mass is 10.2. The van der Waals surface area contributed by atoms with Crippen molar-refractivity contribution in [2.45, 2.75) is 37.5 Å². The van der Waals surface area contributed by atoms with E-state index in [1.54, 1.807) is 0 Å². The molecule has 3 N–H and O–H groups in total. The normalized spacial score (nSPS) is 11.7. The molecular formula is C12H19FN2O2S. The maximum absolute atomic E-state index is 13.2. The molecule has 0 fully saturated rings. The maximum Gasteiger partial charge on any atom is 0.240 e. The van der Waals surface area contributed by atoms with Crippen molar-refractivity contribution in [2.75, 3.05) is 12.3 Å². The van der Waals surface area contributed by atoms with Crippen molar-refractivity contribution in [1.82, 2.24) is 4.72 Å². The molecule has 4 nitrogen and oxygen atoms in total. The largest absolute Gasteiger partial charge is 0.396 e. The lowest BCUT2D eigenvalue weighted by molar-refractivity contribution is 0.571. The number of hydrogen-bond acceptors (Lipinski definition) is 3. The van der Waals surface area contributed by atoms with Gasteiger partial charge < -0.3 is 5.73 Å². The molecule has 1 aromatic rings. The van der Waals surface area contributed by atoms with Crippen LogP contribution in [0, 0.1) is 5.82 Å². The molecule has 0 saturated carbocycles. The summed E-state index contributed by atoms with van der Waals surface area (Å²) in [4.78, 5) is -0.0929. The van der Waals surface area contributed by atoms with E-state index in [0.29, 0.717) is 6.54 Å². The number of anilines is 1. The molecule has 0 atom stereocenters. The first-order valence-electron chi connectivity index (χ1n) is 6.02. The molecule has 18 heavy (non-hydrogen) atoms. The quantitative estimate of drug-likeness (QED) is 0.592. The number of halogens is 1. The van der Waals surface area contributed by atoms with E-state index in [1.807, 2.05) is 0 Å². The van der Waals surface area contributed by atoms with Crippen molar-refractivity contribution in [1.29, 1.82) is 0 Å². The van der Waals surface area contributed by atoms with Gasteiger partial charge in [-0.15, -0.1) is 0 Å². The summed E-state index contributed by atoms with van der Waals surface area (Å²) < 4.78 is 39.2. The van der Waals surface area contributed by atoms with Crippen LogP contribution in [-0.4, -0.2) is 15.0 Å². The first-order chi connectivity index (χ1) is 8.47. The van der Waals surface area contributed by atoms with Crippen LogP contribution in [0.25, 0.3) is 0 Å². The summed E-state index contributed by atoms with van der Waals surface area (Å²) in [5.41, 5.74) is 5.24. The highest BCUT2D eigenvalue weighted by molar-refractivity contribution is 7.89. The average molecular weight is 274 g/mol. The van der Waals surface area contributed by atoms with Crippen LogP contribution in [0.5, 0.6) is 0 Å². The van der Waals surface area contributed by atoms with Crippen molar-refractivity contribution in [3.63, 3.8) is 0 Å². The standard InChI is InChI=1S/C12H19FN2O2S/c1-2-3-4-5-8-15-18(16,17)10-6-7-12(14)11(13)9-10/h6-7,9,15H,2-5,8,14H2,1H3. The minimum atomic E-state index is -3.63. The summed E-state index contributed by atoms with van der Waals surface area (Å²) in [6, 6.07) is 3.48. The van der Waals surface area contributed by atoms with Gasteiger partial charge in [0.15, 0.2) is 0 Å². The highest BCUT2D eigenvalue weighted by Gasteiger charge is 2.14. The summed E-state index contributed by atoms with van der Waals surface area (Å²) in [6.07, 6.45) is 3.94. The lowest BCUT2D eigenvalue weighted by Gasteiger charge is -2.07. The third kappa shape index (κ3) is 4.27. The minimum Gasteiger partial charge on any atom is -0.396 e. The second kappa shape index (κ2) is 6.70. The van der Waals surface area contributed by atoms with Crippen LogP contribution < -0.4 is 10.5 Å². The molecule has 0 aliphatic rings. The number of rotatable bonds is 7. The Labute approximate surface area is 107 Å². The Bertz CT molecular complexity index is 489. The molecule has 1 aromatic carbocycles. The molecule has 0 amide bonds. The van der Waals surface area contributed by atoms with Gasteiger partial charge in [-0.25, -0.2) is 17.5 Å². The first kappa shape index (κ1) is 14.9. The third-order valence-corrected chi connectivity index (χ3v) is 4.06. The van der Waals surface area contributed by atoms with Gasteiger partial charge in [0.05, 0.1) is 10.6 Å². The highest BCUT2D eigenvalue weighted by atomic mass is 32.2. The second-order valence-corrected chi connectivity index (χ2v) is 5.91. The van der Waals surface area contributed by atoms with Crippen molar-refractivity contribution in [3.05, 3.63) is 24.0 Å². The zero-order valence-corrected chi connectivity index (χ0v) is 11.3. The summed E-state index contributed by atoms with van der Waals surface area (Å²) in [6.45, 7) is 2.45. The molecule has 0 aromatic heterocycles. The Kier molecular flexibility index (Phi) is 5.55. The van der Waals surface area contributed by atoms with E-state index in [-0.39, 0.29) is 10.6 Å². The van der Waals surface area contributed by atoms with Crippen molar-refractivity contribution in [3.8, 4) is 0 Å². The monoisotopic (exact) mass is 274 g/mol. The van der Waals surface area contributed by atoms with Crippen molar-refractivity contribution < 1.29 is 12.8 Å². The van der Waals surface area contributed by atoms with Crippen LogP contribution >= 0.6 is 0 Å². The third-order valence-electron chi connectivity index (χ3n) is 2.60. The van der Waals surface area contributed by atoms with Crippen LogP contribution in [0.3, 0.4) is 0 Å². The smallest absolute Gasteiger partial charge is 0.240 e. The molecule has 0 spiro atoms. The lowest BCUT2D eigenvalue weighted by Crippen LogP contribution is -2.25. The Morgan fingerprint density at radius 1 is 1.28 bits per heavy atom. The molecule has 1 rings (SSSR count). The summed E-state index contributed by atoms with van der Waals surface area (Å²) in [5, 5.41) is 0. The molecule has 102 valence electrons. The van der Waals surface area contributed by atoms with Crippen LogP contribution in [0.2, 0.25) is 0 Å². The van der Waals surface area contributed by atoms with E-state index in [9.17, 15) is 12.8 Å². The number of nitrogens with two attached hydrogens (primary N) is 1. The Balaban J connectivity index is 2.60. The number of unbranched alkanes of at least 4 members (excludes halogenated alkanes) is 3. The van der Waals surface area contributed by atoms with Crippen LogP contribution in [-0.2, 0) is 10.0 Å². The topological polar surface area (TPSA) is 72.2 Å². The van der Waals surface area contributed by atoms with Crippen molar-refractivity contribution in [2.24, 2.45) is 0 Å². The number of nitrogen functional groups attached to an aromatic ring is 1. The fourth-order valence-corrected chi connectivity index (χ4v) is 2.60. The summed E-state index contributed by atoms with van der Waals surface area (Å²) >= 11 is 0. The van der Waals surface area contributed by atoms with Gasteiger partial charge in [-0.1, -0.05) is 26.2 Å². The van der Waals surface area contributed by atoms with Gasteiger partial charge in [0, 0.05) is 6.54 Å². The Morgan fingerprint density at radius 2 is 2.00 bits per heavy atom. The van der Waals surface area contributed by atoms with Gasteiger partial charge in [0.2, 0.25) is 10.0 Å². The van der Waals surface area contributed by atoms with E-state index < -0.39 is 15.8 Å². The number of benzene rings is 1. The minimum absolute atomic E-state index is 0.0584. The fraction of sp³-hybridized carbons (Fsp3) is 0.500. The second-order valence-electron chi connectivity index (χ2n) is 4.14. The molecule has 0 unspecified atom stereocenters. The zero-order valence-electron chi connectivity index (χ0n) is 10.4. The van der Waals surface area contributed by atoms with Crippen LogP contribution in [0.1, 0.15) is 32.6 Å². The van der Waals surface area contributed by atoms with E-state index in [4.69, 9.17) is 5.73 Å². The predicted molar refractivity (Wildman–Crippen MR) is 70.1 cm³/mol. The zero-order chi connectivity index (χ0) is 13.6. The molecule has 0 aliphatic carbocycles. The molecule has 0 radical (unpaired) electrons. The van der Waals surface area contributed by atoms with Crippen molar-refractivity contribution >= 4 is 15.7 Å². The first-order valence-corrected chi connectivity index (χ1v) is 7.50. The van der Waals surface area contributed by atoms with Gasteiger partial charge in [0.25, 0.3) is 0 Å². The number of hydrogen-bond donors (Lipinski definition) is 2. The van der Waals surface area contributed by atoms with E-state index in [1.165, 1.54) is 12.1 Å². The number of nitrogens with one attached hydrogen (secondary N) is 1. The van der Waals surface area contributed by atoms with Gasteiger partial charge in [-0.05, 0) is 24.6 Å². The molecule has 6 heteroatoms. The molecule has 0 aliphatic heterocycles. The highest BCUT2D eigenvalue weighted by Crippen LogP contribution is 2.16. The molecule has 0 saturated heterocycles. The molecular weight excluding hydrogens is 255 g/mol. The van der Waals surface area contributed by atoms with E-state index >= 15 is 0 Å². The fourth-order valence-electron chi connectivity index (χ4n) is 1.52. The Morgan fingerprint density at radius 3 is 2.61 bits per heavy atom. The van der Waals surface area contributed by atoms with Crippen LogP contribution in [0.4, 0.5) is 10.1 Å². The maximum atomic E-state index is 13.2. The van der Waals surface area contributed by atoms with Gasteiger partial charge in [-0.2, -0.15) is 0 Å². The molecule has 0 bridgehead atoms. The van der Waals surface area contributed by atoms with Gasteiger partial charge >= 0.3 is 0 Å². The predicted octanol–water partition coefficient (Wildman–Crippen LogP) is 2.27. The van der Waals surface area contributed by atoms with Gasteiger partial charge in [0.1, 0.15) is 5.82 Å². The average Bonchev–Trinajstić information content (AvgIpc) is 2.32. The number of sulfonamides is 1. The van der Waals surface area contributed by atoms with Gasteiger partial charge in [-0.3, -0.25) is 0 Å². The van der Waals surface area contributed by atoms with E-state index in [2.05, 4.69) is 11.6 Å². The molecule has 0 heterocycles. The summed E-state index contributed by atoms with van der Waals surface area (Å²) in [7, 11) is -3.63. The SMILES string of the molecule is CCCCCCNS(=O)(=O)c1ccc(N)c(F)c1. The van der Waals surface area contributed by atoms with Crippen LogP contribution in [0.15, 0.2) is 23.1 Å². The summed E-state index contributed by atoms with van der Waals surface area (Å²) in [5.74, 6) is -0.719.